The lowest BCUT2D eigenvalue weighted by molar-refractivity contribution is -0.643. The van der Waals surface area contributed by atoms with Crippen LogP contribution in [0.15, 0.2) is 72.9 Å². The molecule has 0 fully saturated rings. The number of hydrogen-bond acceptors (Lipinski definition) is 1. The van der Waals surface area contributed by atoms with Crippen molar-refractivity contribution in [3.8, 4) is 0 Å². The molecule has 0 bridgehead atoms. The monoisotopic (exact) mass is 295 g/mol. The van der Waals surface area contributed by atoms with Gasteiger partial charge in [0.2, 0.25) is 5.52 Å². The van der Waals surface area contributed by atoms with Crippen molar-refractivity contribution < 1.29 is 4.57 Å². The zero-order chi connectivity index (χ0) is 15.4. The van der Waals surface area contributed by atoms with E-state index in [1.807, 2.05) is 6.07 Å². The normalized spacial score (nSPS) is 11.7. The number of aromatic nitrogens is 2. The van der Waals surface area contributed by atoms with Crippen molar-refractivity contribution in [2.24, 2.45) is 7.05 Å². The van der Waals surface area contributed by atoms with Gasteiger partial charge in [-0.1, -0.05) is 36.4 Å². The van der Waals surface area contributed by atoms with E-state index < -0.39 is 0 Å². The highest BCUT2D eigenvalue weighted by Gasteiger charge is 2.13. The summed E-state index contributed by atoms with van der Waals surface area (Å²) in [6.45, 7) is 0. The van der Waals surface area contributed by atoms with Crippen LogP contribution in [0.25, 0.3) is 43.5 Å². The summed E-state index contributed by atoms with van der Waals surface area (Å²) in [5.74, 6) is 0. The molecule has 0 atom stereocenters. The SMILES string of the molecule is C[n+]1cc2ccc3cc4ccccc4nc3c2c2ccccc21. The molecule has 0 radical (unpaired) electrons. The Kier molecular flexibility index (Phi) is 2.45. The smallest absolute Gasteiger partial charge is 0.212 e. The lowest BCUT2D eigenvalue weighted by atomic mass is 10.0. The number of nitrogens with zero attached hydrogens (tertiary/aromatic N) is 2. The summed E-state index contributed by atoms with van der Waals surface area (Å²) in [7, 11) is 2.10. The Morgan fingerprint density at radius 2 is 1.57 bits per heavy atom. The van der Waals surface area contributed by atoms with Crippen LogP contribution in [0.3, 0.4) is 0 Å². The largest absolute Gasteiger partial charge is 0.247 e. The van der Waals surface area contributed by atoms with Gasteiger partial charge in [0.1, 0.15) is 7.05 Å². The summed E-state index contributed by atoms with van der Waals surface area (Å²) < 4.78 is 2.19. The molecule has 2 heterocycles. The summed E-state index contributed by atoms with van der Waals surface area (Å²) in [6.07, 6.45) is 2.19. The second-order valence-corrected chi connectivity index (χ2v) is 6.04. The molecule has 108 valence electrons. The molecule has 5 aromatic rings. The highest BCUT2D eigenvalue weighted by molar-refractivity contribution is 6.18. The maximum absolute atomic E-state index is 4.98. The van der Waals surface area contributed by atoms with E-state index in [1.165, 1.54) is 32.4 Å². The van der Waals surface area contributed by atoms with Gasteiger partial charge in [-0.15, -0.1) is 0 Å². The molecule has 0 aliphatic heterocycles. The zero-order valence-electron chi connectivity index (χ0n) is 12.8. The molecule has 0 saturated heterocycles. The van der Waals surface area contributed by atoms with Gasteiger partial charge in [-0.05, 0) is 24.3 Å². The lowest BCUT2D eigenvalue weighted by Crippen LogP contribution is -2.28. The summed E-state index contributed by atoms with van der Waals surface area (Å²) in [6, 6.07) is 23.4. The number of aryl methyl sites for hydroxylation is 1. The van der Waals surface area contributed by atoms with Crippen LogP contribution >= 0.6 is 0 Å². The lowest BCUT2D eigenvalue weighted by Gasteiger charge is -2.07. The van der Waals surface area contributed by atoms with Gasteiger partial charge in [-0.3, -0.25) is 0 Å². The Morgan fingerprint density at radius 1 is 0.783 bits per heavy atom. The van der Waals surface area contributed by atoms with Gasteiger partial charge in [0.15, 0.2) is 6.20 Å². The van der Waals surface area contributed by atoms with E-state index in [0.717, 1.165) is 11.0 Å². The predicted molar refractivity (Wildman–Crippen MR) is 95.4 cm³/mol. The van der Waals surface area contributed by atoms with Crippen LogP contribution in [-0.2, 0) is 7.05 Å². The van der Waals surface area contributed by atoms with Gasteiger partial charge < -0.3 is 0 Å². The molecular formula is C21H15N2+. The molecular weight excluding hydrogens is 280 g/mol. The van der Waals surface area contributed by atoms with Gasteiger partial charge in [0, 0.05) is 27.6 Å². The first-order chi connectivity index (χ1) is 11.3. The molecule has 0 spiro atoms. The third-order valence-corrected chi connectivity index (χ3v) is 4.61. The van der Waals surface area contributed by atoms with Crippen molar-refractivity contribution in [3.63, 3.8) is 0 Å². The molecule has 0 N–H and O–H groups in total. The third-order valence-electron chi connectivity index (χ3n) is 4.61. The topological polar surface area (TPSA) is 16.8 Å². The van der Waals surface area contributed by atoms with Crippen LogP contribution < -0.4 is 4.57 Å². The molecule has 0 saturated carbocycles. The minimum atomic E-state index is 1.05. The number of benzene rings is 3. The maximum atomic E-state index is 4.98. The maximum Gasteiger partial charge on any atom is 0.212 e. The van der Waals surface area contributed by atoms with E-state index in [1.54, 1.807) is 0 Å². The molecule has 3 aromatic carbocycles. The summed E-state index contributed by atoms with van der Waals surface area (Å²) in [4.78, 5) is 4.98. The number of fused-ring (bicyclic) bond motifs is 6. The van der Waals surface area contributed by atoms with Crippen LogP contribution in [0.2, 0.25) is 0 Å². The Hall–Kier alpha value is -3.00. The van der Waals surface area contributed by atoms with Crippen molar-refractivity contribution >= 4 is 43.5 Å². The summed E-state index contributed by atoms with van der Waals surface area (Å²) >= 11 is 0. The molecule has 2 heteroatoms. The van der Waals surface area contributed by atoms with Crippen LogP contribution in [0.5, 0.6) is 0 Å². The Morgan fingerprint density at radius 3 is 2.52 bits per heavy atom. The predicted octanol–water partition coefficient (Wildman–Crippen LogP) is 4.52. The molecule has 0 aliphatic carbocycles. The van der Waals surface area contributed by atoms with E-state index in [9.17, 15) is 0 Å². The molecule has 5 rings (SSSR count). The van der Waals surface area contributed by atoms with Crippen LogP contribution in [0.4, 0.5) is 0 Å². The van der Waals surface area contributed by atoms with Crippen LogP contribution in [0, 0.1) is 0 Å². The number of pyridine rings is 2. The van der Waals surface area contributed by atoms with Crippen molar-refractivity contribution in [1.29, 1.82) is 0 Å². The first kappa shape index (κ1) is 12.5. The van der Waals surface area contributed by atoms with Gasteiger partial charge in [0.05, 0.1) is 16.4 Å². The van der Waals surface area contributed by atoms with E-state index in [4.69, 9.17) is 4.98 Å². The van der Waals surface area contributed by atoms with E-state index in [-0.39, 0.29) is 0 Å². The first-order valence-corrected chi connectivity index (χ1v) is 7.81. The molecule has 2 aromatic heterocycles. The molecule has 0 aliphatic rings. The van der Waals surface area contributed by atoms with Crippen molar-refractivity contribution in [2.75, 3.05) is 0 Å². The Bertz CT molecular complexity index is 1220. The van der Waals surface area contributed by atoms with Crippen LogP contribution in [0.1, 0.15) is 0 Å². The molecule has 23 heavy (non-hydrogen) atoms. The Labute approximate surface area is 133 Å². The van der Waals surface area contributed by atoms with Gasteiger partial charge in [0.25, 0.3) is 0 Å². The minimum absolute atomic E-state index is 1.05. The second kappa shape index (κ2) is 4.50. The van der Waals surface area contributed by atoms with Crippen LogP contribution in [-0.4, -0.2) is 4.98 Å². The van der Waals surface area contributed by atoms with E-state index in [0.29, 0.717) is 0 Å². The van der Waals surface area contributed by atoms with E-state index >= 15 is 0 Å². The zero-order valence-corrected chi connectivity index (χ0v) is 12.8. The quantitative estimate of drug-likeness (QED) is 0.233. The van der Waals surface area contributed by atoms with Crippen molar-refractivity contribution in [3.05, 3.63) is 72.9 Å². The summed E-state index contributed by atoms with van der Waals surface area (Å²) in [5.41, 5.74) is 3.35. The number of rotatable bonds is 0. The number of hydrogen-bond donors (Lipinski definition) is 0. The molecule has 0 unspecified atom stereocenters. The fourth-order valence-corrected chi connectivity index (χ4v) is 3.52. The highest BCUT2D eigenvalue weighted by atomic mass is 14.9. The third kappa shape index (κ3) is 1.75. The summed E-state index contributed by atoms with van der Waals surface area (Å²) in [5, 5.41) is 6.09. The highest BCUT2D eigenvalue weighted by Crippen LogP contribution is 2.30. The first-order valence-electron chi connectivity index (χ1n) is 7.81. The Balaban J connectivity index is 2.10. The second-order valence-electron chi connectivity index (χ2n) is 6.04. The van der Waals surface area contributed by atoms with E-state index in [2.05, 4.69) is 78.5 Å². The fourth-order valence-electron chi connectivity index (χ4n) is 3.52. The molecule has 2 nitrogen and oxygen atoms in total. The minimum Gasteiger partial charge on any atom is -0.247 e. The number of para-hydroxylation sites is 2. The van der Waals surface area contributed by atoms with Gasteiger partial charge in [-0.25, -0.2) is 9.55 Å². The fraction of sp³-hybridized carbons (Fsp3) is 0.0476. The van der Waals surface area contributed by atoms with Crippen molar-refractivity contribution in [2.45, 2.75) is 0 Å². The van der Waals surface area contributed by atoms with Gasteiger partial charge in [-0.2, -0.15) is 0 Å². The van der Waals surface area contributed by atoms with Gasteiger partial charge >= 0.3 is 0 Å². The standard InChI is InChI=1S/C21H15N2/c1-23-13-16-11-10-15-12-14-6-2-4-8-18(14)22-21(15)20(16)17-7-3-5-9-19(17)23/h2-13H,1H3/q+1. The average molecular weight is 295 g/mol. The molecule has 0 amide bonds. The van der Waals surface area contributed by atoms with Crippen molar-refractivity contribution in [1.82, 2.24) is 4.98 Å². The average Bonchev–Trinajstić information content (AvgIpc) is 2.60.